The quantitative estimate of drug-likeness (QED) is 0.809. The standard InChI is InChI=1S/C10H15F3N2S2/c1-3-4-16-6-8-15-9(10(11,12)13)7(17-8)5-14-2/h14H,3-6H2,1-2H3. The molecule has 17 heavy (non-hydrogen) atoms. The van der Waals surface area contributed by atoms with Gasteiger partial charge in [0.1, 0.15) is 5.01 Å². The molecule has 1 aromatic heterocycles. The van der Waals surface area contributed by atoms with Crippen LogP contribution in [0, 0.1) is 0 Å². The third-order valence-electron chi connectivity index (χ3n) is 1.92. The molecule has 98 valence electrons. The van der Waals surface area contributed by atoms with Crippen LogP contribution in [0.2, 0.25) is 0 Å². The van der Waals surface area contributed by atoms with E-state index in [1.54, 1.807) is 18.8 Å². The maximum atomic E-state index is 12.7. The number of nitrogens with one attached hydrogen (secondary N) is 1. The van der Waals surface area contributed by atoms with Gasteiger partial charge in [-0.25, -0.2) is 4.98 Å². The lowest BCUT2D eigenvalue weighted by Crippen LogP contribution is -2.12. The van der Waals surface area contributed by atoms with Crippen molar-refractivity contribution in [1.82, 2.24) is 10.3 Å². The van der Waals surface area contributed by atoms with Crippen LogP contribution >= 0.6 is 23.1 Å². The molecule has 0 bridgehead atoms. The van der Waals surface area contributed by atoms with E-state index in [1.807, 2.05) is 6.92 Å². The Kier molecular flexibility index (Phi) is 5.75. The largest absolute Gasteiger partial charge is 0.434 e. The number of thiazole rings is 1. The van der Waals surface area contributed by atoms with Crippen molar-refractivity contribution in [2.45, 2.75) is 31.8 Å². The Balaban J connectivity index is 2.80. The van der Waals surface area contributed by atoms with Crippen molar-refractivity contribution in [3.63, 3.8) is 0 Å². The second-order valence-corrected chi connectivity index (χ2v) is 5.73. The highest BCUT2D eigenvalue weighted by atomic mass is 32.2. The van der Waals surface area contributed by atoms with Crippen molar-refractivity contribution in [2.75, 3.05) is 12.8 Å². The molecule has 0 saturated carbocycles. The molecule has 0 radical (unpaired) electrons. The van der Waals surface area contributed by atoms with Crippen LogP contribution in [-0.4, -0.2) is 17.8 Å². The van der Waals surface area contributed by atoms with E-state index in [2.05, 4.69) is 10.3 Å². The van der Waals surface area contributed by atoms with Crippen LogP contribution in [-0.2, 0) is 18.5 Å². The molecule has 0 fully saturated rings. The van der Waals surface area contributed by atoms with Crippen LogP contribution in [0.25, 0.3) is 0 Å². The summed E-state index contributed by atoms with van der Waals surface area (Å²) in [5.74, 6) is 1.51. The van der Waals surface area contributed by atoms with Gasteiger partial charge in [-0.1, -0.05) is 6.92 Å². The first-order chi connectivity index (χ1) is 7.99. The first-order valence-electron chi connectivity index (χ1n) is 5.27. The van der Waals surface area contributed by atoms with E-state index < -0.39 is 11.9 Å². The second kappa shape index (κ2) is 6.61. The molecule has 2 nitrogen and oxygen atoms in total. The second-order valence-electron chi connectivity index (χ2n) is 3.46. The molecule has 0 aliphatic heterocycles. The molecule has 7 heteroatoms. The van der Waals surface area contributed by atoms with Gasteiger partial charge in [0.2, 0.25) is 0 Å². The van der Waals surface area contributed by atoms with Crippen molar-refractivity contribution < 1.29 is 13.2 Å². The molecule has 1 N–H and O–H groups in total. The first kappa shape index (κ1) is 14.8. The first-order valence-corrected chi connectivity index (χ1v) is 7.24. The van der Waals surface area contributed by atoms with E-state index in [0.29, 0.717) is 10.8 Å². The van der Waals surface area contributed by atoms with E-state index in [9.17, 15) is 13.2 Å². The highest BCUT2D eigenvalue weighted by Gasteiger charge is 2.37. The van der Waals surface area contributed by atoms with Gasteiger partial charge in [0.15, 0.2) is 5.69 Å². The van der Waals surface area contributed by atoms with Crippen LogP contribution in [0.15, 0.2) is 0 Å². The lowest BCUT2D eigenvalue weighted by Gasteiger charge is -2.04. The summed E-state index contributed by atoms with van der Waals surface area (Å²) in [7, 11) is 1.63. The number of thioether (sulfide) groups is 1. The van der Waals surface area contributed by atoms with Gasteiger partial charge in [0.05, 0.1) is 4.88 Å². The van der Waals surface area contributed by atoms with Gasteiger partial charge in [-0.2, -0.15) is 24.9 Å². The number of aromatic nitrogens is 1. The third-order valence-corrected chi connectivity index (χ3v) is 4.33. The fourth-order valence-electron chi connectivity index (χ4n) is 1.27. The molecule has 1 rings (SSSR count). The zero-order valence-electron chi connectivity index (χ0n) is 9.73. The van der Waals surface area contributed by atoms with Gasteiger partial charge in [-0.15, -0.1) is 11.3 Å². The van der Waals surface area contributed by atoms with Crippen molar-refractivity contribution in [1.29, 1.82) is 0 Å². The van der Waals surface area contributed by atoms with Crippen molar-refractivity contribution >= 4 is 23.1 Å². The Hall–Kier alpha value is -0.270. The van der Waals surface area contributed by atoms with Gasteiger partial charge < -0.3 is 5.32 Å². The minimum absolute atomic E-state index is 0.213. The highest BCUT2D eigenvalue weighted by molar-refractivity contribution is 7.98. The zero-order chi connectivity index (χ0) is 12.9. The molecule has 0 amide bonds. The van der Waals surface area contributed by atoms with Crippen LogP contribution in [0.3, 0.4) is 0 Å². The Labute approximate surface area is 107 Å². The minimum atomic E-state index is -4.35. The van der Waals surface area contributed by atoms with Crippen molar-refractivity contribution in [3.05, 3.63) is 15.6 Å². The molecule has 0 atom stereocenters. The normalized spacial score (nSPS) is 12.1. The molecule has 0 unspecified atom stereocenters. The van der Waals surface area contributed by atoms with Crippen LogP contribution in [0.4, 0.5) is 13.2 Å². The Bertz CT molecular complexity index is 350. The van der Waals surface area contributed by atoms with E-state index >= 15 is 0 Å². The predicted molar refractivity (Wildman–Crippen MR) is 66.3 cm³/mol. The maximum absolute atomic E-state index is 12.7. The lowest BCUT2D eigenvalue weighted by atomic mass is 10.3. The number of hydrogen-bond acceptors (Lipinski definition) is 4. The van der Waals surface area contributed by atoms with E-state index in [1.165, 1.54) is 0 Å². The van der Waals surface area contributed by atoms with E-state index in [-0.39, 0.29) is 11.4 Å². The number of rotatable bonds is 6. The SMILES string of the molecule is CCCSCc1nc(C(F)(F)F)c(CNC)s1. The molecule has 0 saturated heterocycles. The van der Waals surface area contributed by atoms with Crippen LogP contribution in [0.5, 0.6) is 0 Å². The monoisotopic (exact) mass is 284 g/mol. The molecule has 0 spiro atoms. The summed E-state index contributed by atoms with van der Waals surface area (Å²) in [4.78, 5) is 3.98. The fraction of sp³-hybridized carbons (Fsp3) is 0.700. The summed E-state index contributed by atoms with van der Waals surface area (Å²) in [5.41, 5.74) is -0.732. The fourth-order valence-corrected chi connectivity index (χ4v) is 3.32. The molecular formula is C10H15F3N2S2. The van der Waals surface area contributed by atoms with Crippen molar-refractivity contribution in [2.24, 2.45) is 0 Å². The molecular weight excluding hydrogens is 269 g/mol. The molecule has 0 aliphatic carbocycles. The molecule has 1 aromatic rings. The average molecular weight is 284 g/mol. The van der Waals surface area contributed by atoms with Gasteiger partial charge in [0, 0.05) is 12.3 Å². The van der Waals surface area contributed by atoms with Gasteiger partial charge in [0.25, 0.3) is 0 Å². The number of nitrogens with zero attached hydrogens (tertiary/aromatic N) is 1. The summed E-state index contributed by atoms with van der Waals surface area (Å²) in [5, 5.41) is 3.30. The van der Waals surface area contributed by atoms with E-state index in [0.717, 1.165) is 23.5 Å². The average Bonchev–Trinajstić information content (AvgIpc) is 2.62. The number of hydrogen-bond donors (Lipinski definition) is 1. The summed E-state index contributed by atoms with van der Waals surface area (Å²) in [6, 6.07) is 0. The topological polar surface area (TPSA) is 24.9 Å². The Morgan fingerprint density at radius 2 is 2.12 bits per heavy atom. The highest BCUT2D eigenvalue weighted by Crippen LogP contribution is 2.35. The summed E-state index contributed by atoms with van der Waals surface area (Å²) >= 11 is 2.76. The Morgan fingerprint density at radius 3 is 2.65 bits per heavy atom. The summed E-state index contributed by atoms with van der Waals surface area (Å²) in [6.45, 7) is 2.26. The smallest absolute Gasteiger partial charge is 0.315 e. The summed E-state index contributed by atoms with van der Waals surface area (Å²) in [6.07, 6.45) is -3.33. The van der Waals surface area contributed by atoms with Gasteiger partial charge >= 0.3 is 6.18 Å². The number of halogens is 3. The molecule has 0 aliphatic rings. The van der Waals surface area contributed by atoms with Gasteiger partial charge in [-0.05, 0) is 19.2 Å². The van der Waals surface area contributed by atoms with Crippen molar-refractivity contribution in [3.8, 4) is 0 Å². The molecule has 0 aromatic carbocycles. The Morgan fingerprint density at radius 1 is 1.41 bits per heavy atom. The minimum Gasteiger partial charge on any atom is -0.315 e. The maximum Gasteiger partial charge on any atom is 0.434 e. The lowest BCUT2D eigenvalue weighted by molar-refractivity contribution is -0.141. The summed E-state index contributed by atoms with van der Waals surface area (Å²) < 4.78 is 38.0. The van der Waals surface area contributed by atoms with Gasteiger partial charge in [-0.3, -0.25) is 0 Å². The molecule has 1 heterocycles. The zero-order valence-corrected chi connectivity index (χ0v) is 11.4. The van der Waals surface area contributed by atoms with E-state index in [4.69, 9.17) is 0 Å². The number of alkyl halides is 3. The predicted octanol–water partition coefficient (Wildman–Crippen LogP) is 3.52. The third kappa shape index (κ3) is 4.48. The van der Waals surface area contributed by atoms with Crippen LogP contribution < -0.4 is 5.32 Å². The van der Waals surface area contributed by atoms with Crippen LogP contribution in [0.1, 0.15) is 28.9 Å².